The van der Waals surface area contributed by atoms with Crippen LogP contribution in [0.15, 0.2) is 72.8 Å². The number of carboxylic acid groups (broad SMARTS) is 1. The van der Waals surface area contributed by atoms with Gasteiger partial charge in [0.15, 0.2) is 0 Å². The van der Waals surface area contributed by atoms with Crippen molar-refractivity contribution >= 4 is 35.1 Å². The van der Waals surface area contributed by atoms with Crippen LogP contribution in [0.25, 0.3) is 0 Å². The Bertz CT molecular complexity index is 1170. The largest absolute Gasteiger partial charge is 0.492 e. The molecule has 0 heterocycles. The zero-order chi connectivity index (χ0) is 25.2. The molecule has 182 valence electrons. The minimum Gasteiger partial charge on any atom is -0.492 e. The molecule has 3 aromatic carbocycles. The molecule has 0 radical (unpaired) electrons. The third-order valence-electron chi connectivity index (χ3n) is 5.14. The van der Waals surface area contributed by atoms with Crippen molar-refractivity contribution in [2.45, 2.75) is 32.2 Å². The van der Waals surface area contributed by atoms with Crippen molar-refractivity contribution < 1.29 is 24.2 Å². The second kappa shape index (κ2) is 12.6. The van der Waals surface area contributed by atoms with Gasteiger partial charge in [0.2, 0.25) is 0 Å². The summed E-state index contributed by atoms with van der Waals surface area (Å²) in [5.74, 6) is -1.18. The Kier molecular flexibility index (Phi) is 9.26. The predicted molar refractivity (Wildman–Crippen MR) is 135 cm³/mol. The van der Waals surface area contributed by atoms with Crippen LogP contribution in [0.5, 0.6) is 5.75 Å². The highest BCUT2D eigenvalue weighted by Gasteiger charge is 2.19. The molecule has 3 rings (SSSR count). The van der Waals surface area contributed by atoms with Gasteiger partial charge in [-0.1, -0.05) is 48.9 Å². The molecule has 0 saturated heterocycles. The van der Waals surface area contributed by atoms with Crippen molar-refractivity contribution in [3.63, 3.8) is 0 Å². The smallest absolute Gasteiger partial charge is 0.305 e. The first-order valence-electron chi connectivity index (χ1n) is 11.3. The molecule has 3 N–H and O–H groups in total. The third kappa shape index (κ3) is 7.86. The molecule has 0 aromatic heterocycles. The van der Waals surface area contributed by atoms with Crippen molar-refractivity contribution in [2.75, 3.05) is 11.9 Å². The number of carbonyl (C=O) groups is 3. The van der Waals surface area contributed by atoms with Gasteiger partial charge in [0.25, 0.3) is 11.8 Å². The minimum absolute atomic E-state index is 0.223. The van der Waals surface area contributed by atoms with E-state index in [1.54, 1.807) is 60.7 Å². The number of anilines is 1. The molecular formula is C27H27ClN2O5. The molecular weight excluding hydrogens is 468 g/mol. The van der Waals surface area contributed by atoms with Crippen LogP contribution in [-0.4, -0.2) is 35.5 Å². The minimum atomic E-state index is -1.02. The summed E-state index contributed by atoms with van der Waals surface area (Å²) in [4.78, 5) is 36.5. The predicted octanol–water partition coefficient (Wildman–Crippen LogP) is 5.20. The SMILES string of the molecule is CCCOc1ccc(C(=O)N[C@H](CC(=O)O)Cc2ccc(NC(=O)c3ccccc3)cc2)cc1Cl. The summed E-state index contributed by atoms with van der Waals surface area (Å²) in [7, 11) is 0. The van der Waals surface area contributed by atoms with Gasteiger partial charge in [0.05, 0.1) is 18.1 Å². The molecule has 0 unspecified atom stereocenters. The van der Waals surface area contributed by atoms with Crippen molar-refractivity contribution in [1.82, 2.24) is 5.32 Å². The van der Waals surface area contributed by atoms with E-state index in [0.717, 1.165) is 12.0 Å². The number of nitrogens with one attached hydrogen (secondary N) is 2. The van der Waals surface area contributed by atoms with Gasteiger partial charge >= 0.3 is 5.97 Å². The van der Waals surface area contributed by atoms with Crippen LogP contribution in [-0.2, 0) is 11.2 Å². The van der Waals surface area contributed by atoms with Gasteiger partial charge < -0.3 is 20.5 Å². The molecule has 1 atom stereocenters. The zero-order valence-corrected chi connectivity index (χ0v) is 20.0. The molecule has 0 spiro atoms. The molecule has 0 bridgehead atoms. The summed E-state index contributed by atoms with van der Waals surface area (Å²) in [6.07, 6.45) is 0.885. The fourth-order valence-electron chi connectivity index (χ4n) is 3.43. The van der Waals surface area contributed by atoms with Crippen LogP contribution < -0.4 is 15.4 Å². The number of halogens is 1. The quantitative estimate of drug-likeness (QED) is 0.340. The Balaban J connectivity index is 1.64. The first-order valence-corrected chi connectivity index (χ1v) is 11.6. The lowest BCUT2D eigenvalue weighted by atomic mass is 10.0. The van der Waals surface area contributed by atoms with E-state index in [2.05, 4.69) is 10.6 Å². The van der Waals surface area contributed by atoms with Gasteiger partial charge in [0.1, 0.15) is 5.75 Å². The highest BCUT2D eigenvalue weighted by atomic mass is 35.5. The lowest BCUT2D eigenvalue weighted by molar-refractivity contribution is -0.137. The Morgan fingerprint density at radius 2 is 1.66 bits per heavy atom. The van der Waals surface area contributed by atoms with E-state index in [-0.39, 0.29) is 12.3 Å². The Hall–Kier alpha value is -3.84. The average molecular weight is 495 g/mol. The molecule has 2 amide bonds. The molecule has 0 aliphatic carbocycles. The van der Waals surface area contributed by atoms with Crippen molar-refractivity contribution in [2.24, 2.45) is 0 Å². The highest BCUT2D eigenvalue weighted by Crippen LogP contribution is 2.26. The number of hydrogen-bond acceptors (Lipinski definition) is 4. The number of benzene rings is 3. The van der Waals surface area contributed by atoms with Gasteiger partial charge in [0, 0.05) is 22.9 Å². The third-order valence-corrected chi connectivity index (χ3v) is 5.44. The van der Waals surface area contributed by atoms with E-state index >= 15 is 0 Å². The molecule has 0 aliphatic heterocycles. The van der Waals surface area contributed by atoms with Crippen LogP contribution >= 0.6 is 11.6 Å². The lowest BCUT2D eigenvalue weighted by Gasteiger charge is -2.18. The summed E-state index contributed by atoms with van der Waals surface area (Å²) < 4.78 is 5.52. The topological polar surface area (TPSA) is 105 Å². The molecule has 0 aliphatic rings. The van der Waals surface area contributed by atoms with Crippen LogP contribution in [0.1, 0.15) is 46.0 Å². The van der Waals surface area contributed by atoms with Crippen molar-refractivity contribution in [3.8, 4) is 5.75 Å². The standard InChI is InChI=1S/C27H27ClN2O5/c1-2-14-35-24-13-10-20(16-23(24)28)27(34)30-22(17-25(31)32)15-18-8-11-21(12-9-18)29-26(33)19-6-4-3-5-7-19/h3-13,16,22H,2,14-15,17H2,1H3,(H,29,33)(H,30,34)(H,31,32)/t22-/m0/s1. The van der Waals surface area contributed by atoms with Gasteiger partial charge in [-0.15, -0.1) is 0 Å². The second-order valence-electron chi connectivity index (χ2n) is 7.98. The fourth-order valence-corrected chi connectivity index (χ4v) is 3.66. The van der Waals surface area contributed by atoms with E-state index in [1.165, 1.54) is 6.07 Å². The van der Waals surface area contributed by atoms with E-state index in [4.69, 9.17) is 16.3 Å². The monoisotopic (exact) mass is 494 g/mol. The first kappa shape index (κ1) is 25.8. The number of carbonyl (C=O) groups excluding carboxylic acids is 2. The summed E-state index contributed by atoms with van der Waals surface area (Å²) in [5, 5.41) is 15.2. The number of ether oxygens (including phenoxy) is 1. The maximum absolute atomic E-state index is 12.8. The van der Waals surface area contributed by atoms with Crippen molar-refractivity contribution in [1.29, 1.82) is 0 Å². The number of carboxylic acids is 1. The highest BCUT2D eigenvalue weighted by molar-refractivity contribution is 6.32. The number of rotatable bonds is 11. The Morgan fingerprint density at radius 3 is 2.29 bits per heavy atom. The molecule has 3 aromatic rings. The molecule has 35 heavy (non-hydrogen) atoms. The molecule has 0 fully saturated rings. The van der Waals surface area contributed by atoms with Gasteiger partial charge in [-0.3, -0.25) is 14.4 Å². The number of amides is 2. The number of hydrogen-bond donors (Lipinski definition) is 3. The normalized spacial score (nSPS) is 11.4. The van der Waals surface area contributed by atoms with Crippen molar-refractivity contribution in [3.05, 3.63) is 94.5 Å². The molecule has 0 saturated carbocycles. The summed E-state index contributed by atoms with van der Waals surface area (Å²) >= 11 is 6.22. The van der Waals surface area contributed by atoms with Crippen LogP contribution in [0.4, 0.5) is 5.69 Å². The van der Waals surface area contributed by atoms with Gasteiger partial charge in [-0.25, -0.2) is 0 Å². The summed E-state index contributed by atoms with van der Waals surface area (Å²) in [6.45, 7) is 2.49. The zero-order valence-electron chi connectivity index (χ0n) is 19.3. The van der Waals surface area contributed by atoms with E-state index in [0.29, 0.717) is 40.6 Å². The number of aliphatic carboxylic acids is 1. The summed E-state index contributed by atoms with van der Waals surface area (Å²) in [5.41, 5.74) is 2.29. The van der Waals surface area contributed by atoms with Gasteiger partial charge in [-0.2, -0.15) is 0 Å². The maximum atomic E-state index is 12.8. The fraction of sp³-hybridized carbons (Fsp3) is 0.222. The summed E-state index contributed by atoms with van der Waals surface area (Å²) in [6, 6.07) is 20.0. The average Bonchev–Trinajstić information content (AvgIpc) is 2.84. The van der Waals surface area contributed by atoms with Gasteiger partial charge in [-0.05, 0) is 60.9 Å². The molecule has 7 nitrogen and oxygen atoms in total. The van der Waals surface area contributed by atoms with Crippen LogP contribution in [0.2, 0.25) is 5.02 Å². The van der Waals surface area contributed by atoms with Crippen LogP contribution in [0, 0.1) is 0 Å². The van der Waals surface area contributed by atoms with E-state index in [1.807, 2.05) is 13.0 Å². The maximum Gasteiger partial charge on any atom is 0.305 e. The Labute approximate surface area is 209 Å². The van der Waals surface area contributed by atoms with E-state index < -0.39 is 17.9 Å². The lowest BCUT2D eigenvalue weighted by Crippen LogP contribution is -2.38. The Morgan fingerprint density at radius 1 is 0.943 bits per heavy atom. The van der Waals surface area contributed by atoms with Crippen LogP contribution in [0.3, 0.4) is 0 Å². The van der Waals surface area contributed by atoms with E-state index in [9.17, 15) is 19.5 Å². The molecule has 8 heteroatoms. The first-order chi connectivity index (χ1) is 16.9. The second-order valence-corrected chi connectivity index (χ2v) is 8.39.